The molecule has 1 fully saturated rings. The largest absolute Gasteiger partial charge is 0.420 e. The van der Waals surface area contributed by atoms with Gasteiger partial charge in [0.05, 0.1) is 10.8 Å². The van der Waals surface area contributed by atoms with Crippen LogP contribution >= 0.6 is 11.3 Å². The molecule has 0 spiro atoms. The van der Waals surface area contributed by atoms with E-state index in [-0.39, 0.29) is 11.9 Å². The Labute approximate surface area is 132 Å². The van der Waals surface area contributed by atoms with Crippen molar-refractivity contribution in [2.75, 3.05) is 19.6 Å². The van der Waals surface area contributed by atoms with E-state index in [9.17, 15) is 4.79 Å². The van der Waals surface area contributed by atoms with Crippen molar-refractivity contribution in [3.8, 4) is 10.8 Å². The third kappa shape index (κ3) is 3.19. The van der Waals surface area contributed by atoms with E-state index < -0.39 is 0 Å². The smallest absolute Gasteiger partial charge is 0.317 e. The summed E-state index contributed by atoms with van der Waals surface area (Å²) in [4.78, 5) is 14.8. The summed E-state index contributed by atoms with van der Waals surface area (Å²) in [7, 11) is 0. The van der Waals surface area contributed by atoms with E-state index in [0.717, 1.165) is 24.3 Å². The van der Waals surface area contributed by atoms with Crippen molar-refractivity contribution < 1.29 is 9.21 Å². The van der Waals surface area contributed by atoms with Crippen LogP contribution in [-0.4, -0.2) is 40.8 Å². The fraction of sp³-hybridized carbons (Fsp3) is 0.400. The van der Waals surface area contributed by atoms with Crippen molar-refractivity contribution in [2.24, 2.45) is 0 Å². The molecule has 0 radical (unpaired) electrons. The van der Waals surface area contributed by atoms with Gasteiger partial charge in [-0.3, -0.25) is 0 Å². The van der Waals surface area contributed by atoms with Gasteiger partial charge in [0, 0.05) is 19.6 Å². The number of urea groups is 1. The second kappa shape index (κ2) is 6.74. The van der Waals surface area contributed by atoms with Crippen molar-refractivity contribution in [1.82, 2.24) is 20.4 Å². The highest BCUT2D eigenvalue weighted by Crippen LogP contribution is 2.29. The van der Waals surface area contributed by atoms with Gasteiger partial charge in [-0.25, -0.2) is 4.79 Å². The number of carbonyl (C=O) groups is 1. The van der Waals surface area contributed by atoms with Gasteiger partial charge in [0.15, 0.2) is 0 Å². The van der Waals surface area contributed by atoms with Gasteiger partial charge in [-0.2, -0.15) is 0 Å². The number of aromatic nitrogens is 2. The van der Waals surface area contributed by atoms with Crippen molar-refractivity contribution in [1.29, 1.82) is 0 Å². The van der Waals surface area contributed by atoms with Crippen LogP contribution in [0.3, 0.4) is 0 Å². The van der Waals surface area contributed by atoms with Gasteiger partial charge < -0.3 is 14.6 Å². The standard InChI is InChI=1S/C15H18N4O2S/c1-2-7-16-15(20)19-8-3-5-11(10-19)13-17-18-14(21-13)12-6-4-9-22-12/h2,4,6,9,11H,1,3,5,7-8,10H2,(H,16,20). The monoisotopic (exact) mass is 318 g/mol. The van der Waals surface area contributed by atoms with Crippen molar-refractivity contribution in [3.63, 3.8) is 0 Å². The molecule has 1 atom stereocenters. The fourth-order valence-corrected chi connectivity index (χ4v) is 3.18. The summed E-state index contributed by atoms with van der Waals surface area (Å²) >= 11 is 1.57. The molecule has 1 saturated heterocycles. The first kappa shape index (κ1) is 14.8. The number of thiophene rings is 1. The molecule has 1 aliphatic heterocycles. The number of hydrogen-bond acceptors (Lipinski definition) is 5. The lowest BCUT2D eigenvalue weighted by molar-refractivity contribution is 0.175. The number of hydrogen-bond donors (Lipinski definition) is 1. The van der Waals surface area contributed by atoms with E-state index in [1.165, 1.54) is 0 Å². The first-order chi connectivity index (χ1) is 10.8. The lowest BCUT2D eigenvalue weighted by Crippen LogP contribution is -2.45. The first-order valence-electron chi connectivity index (χ1n) is 7.29. The molecule has 2 amide bonds. The van der Waals surface area contributed by atoms with Crippen LogP contribution in [0, 0.1) is 0 Å². The molecule has 6 nitrogen and oxygen atoms in total. The second-order valence-corrected chi connectivity index (χ2v) is 6.13. The number of likely N-dealkylation sites (tertiary alicyclic amines) is 1. The van der Waals surface area contributed by atoms with Crippen molar-refractivity contribution in [2.45, 2.75) is 18.8 Å². The van der Waals surface area contributed by atoms with Gasteiger partial charge in [-0.15, -0.1) is 28.1 Å². The minimum atomic E-state index is -0.0670. The van der Waals surface area contributed by atoms with Crippen LogP contribution in [0.25, 0.3) is 10.8 Å². The fourth-order valence-electron chi connectivity index (χ4n) is 2.53. The Kier molecular flexibility index (Phi) is 4.53. The summed E-state index contributed by atoms with van der Waals surface area (Å²) in [6, 6.07) is 3.84. The van der Waals surface area contributed by atoms with Crippen LogP contribution in [0.1, 0.15) is 24.7 Å². The Morgan fingerprint density at radius 1 is 1.59 bits per heavy atom. The lowest BCUT2D eigenvalue weighted by atomic mass is 9.98. The summed E-state index contributed by atoms with van der Waals surface area (Å²) in [6.45, 7) is 5.44. The van der Waals surface area contributed by atoms with Crippen LogP contribution in [0.2, 0.25) is 0 Å². The molecule has 0 aliphatic carbocycles. The predicted octanol–water partition coefficient (Wildman–Crippen LogP) is 2.87. The molecule has 1 N–H and O–H groups in total. The third-order valence-corrected chi connectivity index (χ3v) is 4.49. The SMILES string of the molecule is C=CCNC(=O)N1CCCC(c2nnc(-c3cccs3)o2)C1. The number of rotatable bonds is 4. The molecule has 1 unspecified atom stereocenters. The Balaban J connectivity index is 1.67. The summed E-state index contributed by atoms with van der Waals surface area (Å²) in [5, 5.41) is 13.1. The highest BCUT2D eigenvalue weighted by atomic mass is 32.1. The van der Waals surface area contributed by atoms with Crippen LogP contribution in [-0.2, 0) is 0 Å². The number of nitrogens with one attached hydrogen (secondary N) is 1. The summed E-state index contributed by atoms with van der Waals surface area (Å²) in [5.74, 6) is 1.27. The highest BCUT2D eigenvalue weighted by Gasteiger charge is 2.28. The van der Waals surface area contributed by atoms with Gasteiger partial charge in [-0.1, -0.05) is 12.1 Å². The van der Waals surface area contributed by atoms with Gasteiger partial charge in [0.25, 0.3) is 5.89 Å². The Morgan fingerprint density at radius 3 is 3.27 bits per heavy atom. The van der Waals surface area contributed by atoms with E-state index in [1.807, 2.05) is 17.5 Å². The van der Waals surface area contributed by atoms with Gasteiger partial charge >= 0.3 is 6.03 Å². The topological polar surface area (TPSA) is 71.3 Å². The minimum absolute atomic E-state index is 0.0670. The summed E-state index contributed by atoms with van der Waals surface area (Å²) < 4.78 is 5.79. The number of piperidine rings is 1. The average molecular weight is 318 g/mol. The lowest BCUT2D eigenvalue weighted by Gasteiger charge is -2.30. The zero-order chi connectivity index (χ0) is 15.4. The van der Waals surface area contributed by atoms with Gasteiger partial charge in [0.2, 0.25) is 5.89 Å². The molecule has 116 valence electrons. The predicted molar refractivity (Wildman–Crippen MR) is 84.8 cm³/mol. The van der Waals surface area contributed by atoms with Crippen LogP contribution < -0.4 is 5.32 Å². The minimum Gasteiger partial charge on any atom is -0.420 e. The highest BCUT2D eigenvalue weighted by molar-refractivity contribution is 7.13. The molecule has 22 heavy (non-hydrogen) atoms. The van der Waals surface area contributed by atoms with E-state index in [4.69, 9.17) is 4.42 Å². The molecule has 2 aromatic rings. The van der Waals surface area contributed by atoms with Gasteiger partial charge in [-0.05, 0) is 24.3 Å². The maximum absolute atomic E-state index is 12.0. The van der Waals surface area contributed by atoms with E-state index in [2.05, 4.69) is 22.1 Å². The zero-order valence-corrected chi connectivity index (χ0v) is 13.0. The number of carbonyl (C=O) groups excluding carboxylic acids is 1. The van der Waals surface area contributed by atoms with Crippen LogP contribution in [0.15, 0.2) is 34.6 Å². The van der Waals surface area contributed by atoms with Crippen LogP contribution in [0.5, 0.6) is 0 Å². The zero-order valence-electron chi connectivity index (χ0n) is 12.2. The maximum atomic E-state index is 12.0. The van der Waals surface area contributed by atoms with E-state index in [0.29, 0.717) is 24.9 Å². The number of nitrogens with zero attached hydrogens (tertiary/aromatic N) is 3. The molecular formula is C15H18N4O2S. The molecule has 7 heteroatoms. The molecule has 0 aromatic carbocycles. The van der Waals surface area contributed by atoms with Gasteiger partial charge in [0.1, 0.15) is 0 Å². The third-order valence-electron chi connectivity index (χ3n) is 3.63. The van der Waals surface area contributed by atoms with E-state index in [1.54, 1.807) is 22.3 Å². The summed E-state index contributed by atoms with van der Waals surface area (Å²) in [5.41, 5.74) is 0. The molecule has 3 heterocycles. The van der Waals surface area contributed by atoms with E-state index >= 15 is 0 Å². The van der Waals surface area contributed by atoms with Crippen molar-refractivity contribution >= 4 is 17.4 Å². The molecule has 3 rings (SSSR count). The quantitative estimate of drug-likeness (QED) is 0.880. The molecule has 0 bridgehead atoms. The Hall–Kier alpha value is -2.15. The first-order valence-corrected chi connectivity index (χ1v) is 8.17. The van der Waals surface area contributed by atoms with Crippen molar-refractivity contribution in [3.05, 3.63) is 36.1 Å². The van der Waals surface area contributed by atoms with Crippen LogP contribution in [0.4, 0.5) is 4.79 Å². The Morgan fingerprint density at radius 2 is 2.50 bits per heavy atom. The molecule has 2 aromatic heterocycles. The molecule has 1 aliphatic rings. The molecular weight excluding hydrogens is 300 g/mol. The second-order valence-electron chi connectivity index (χ2n) is 5.18. The summed E-state index contributed by atoms with van der Waals surface area (Å²) in [6.07, 6.45) is 3.56. The Bertz CT molecular complexity index is 638. The average Bonchev–Trinajstić information content (AvgIpc) is 3.23. The molecule has 0 saturated carbocycles. The normalized spacial score (nSPS) is 18.2. The maximum Gasteiger partial charge on any atom is 0.317 e. The number of amides is 2.